The van der Waals surface area contributed by atoms with Gasteiger partial charge in [-0.15, -0.1) is 0 Å². The van der Waals surface area contributed by atoms with Crippen molar-refractivity contribution in [3.8, 4) is 5.75 Å². The number of aryl methyl sites for hydroxylation is 1. The van der Waals surface area contributed by atoms with Crippen LogP contribution in [0.3, 0.4) is 0 Å². The molecule has 4 heteroatoms. The maximum atomic E-state index is 11.5. The van der Waals surface area contributed by atoms with Crippen molar-refractivity contribution in [2.75, 3.05) is 20.2 Å². The van der Waals surface area contributed by atoms with Crippen LogP contribution in [0.2, 0.25) is 0 Å². The van der Waals surface area contributed by atoms with E-state index in [9.17, 15) is 5.11 Å². The zero-order valence-electron chi connectivity index (χ0n) is 15.0. The molecule has 0 unspecified atom stereocenters. The predicted octanol–water partition coefficient (Wildman–Crippen LogP) is 3.13. The van der Waals surface area contributed by atoms with Gasteiger partial charge in [-0.05, 0) is 55.0 Å². The first-order valence-electron chi connectivity index (χ1n) is 9.10. The molecule has 25 heavy (non-hydrogen) atoms. The number of rotatable bonds is 4. The maximum Gasteiger partial charge on any atom is 0.119 e. The van der Waals surface area contributed by atoms with E-state index in [0.717, 1.165) is 49.5 Å². The molecular weight excluding hydrogens is 312 g/mol. The third-order valence-corrected chi connectivity index (χ3v) is 5.99. The average molecular weight is 338 g/mol. The van der Waals surface area contributed by atoms with Gasteiger partial charge in [0.2, 0.25) is 0 Å². The fourth-order valence-corrected chi connectivity index (χ4v) is 4.78. The summed E-state index contributed by atoms with van der Waals surface area (Å²) < 4.78 is 5.33. The first-order valence-corrected chi connectivity index (χ1v) is 9.10. The number of aromatic nitrogens is 1. The molecular formula is C21H26N2O2. The Hall–Kier alpha value is -1.91. The van der Waals surface area contributed by atoms with Crippen LogP contribution in [0.1, 0.15) is 29.7 Å². The molecule has 4 rings (SSSR count). The summed E-state index contributed by atoms with van der Waals surface area (Å²) in [5.41, 5.74) is 2.46. The molecule has 3 atom stereocenters. The molecule has 1 N–H and O–H groups in total. The van der Waals surface area contributed by atoms with Crippen molar-refractivity contribution < 1.29 is 9.84 Å². The summed E-state index contributed by atoms with van der Waals surface area (Å²) >= 11 is 0. The molecule has 1 aromatic heterocycles. The minimum absolute atomic E-state index is 0.270. The second kappa shape index (κ2) is 6.43. The second-order valence-electron chi connectivity index (χ2n) is 7.54. The van der Waals surface area contributed by atoms with E-state index < -0.39 is 5.60 Å². The van der Waals surface area contributed by atoms with Gasteiger partial charge in [0.05, 0.1) is 12.8 Å². The molecule has 0 spiro atoms. The highest BCUT2D eigenvalue weighted by molar-refractivity contribution is 5.29. The first-order chi connectivity index (χ1) is 12.1. The molecule has 1 aliphatic carbocycles. The lowest BCUT2D eigenvalue weighted by Gasteiger charge is -2.31. The van der Waals surface area contributed by atoms with Gasteiger partial charge in [-0.25, -0.2) is 0 Å². The van der Waals surface area contributed by atoms with E-state index in [1.165, 1.54) is 5.56 Å². The lowest BCUT2D eigenvalue weighted by atomic mass is 9.83. The fraction of sp³-hybridized carbons (Fsp3) is 0.476. The van der Waals surface area contributed by atoms with Crippen LogP contribution in [-0.2, 0) is 12.1 Å². The molecule has 1 saturated heterocycles. The number of nitrogens with zero attached hydrogens (tertiary/aromatic N) is 2. The van der Waals surface area contributed by atoms with Gasteiger partial charge in [0.25, 0.3) is 0 Å². The van der Waals surface area contributed by atoms with Crippen LogP contribution in [0.5, 0.6) is 5.75 Å². The van der Waals surface area contributed by atoms with E-state index in [4.69, 9.17) is 4.74 Å². The van der Waals surface area contributed by atoms with E-state index in [2.05, 4.69) is 35.0 Å². The lowest BCUT2D eigenvalue weighted by molar-refractivity contribution is -0.0114. The van der Waals surface area contributed by atoms with E-state index >= 15 is 0 Å². The molecule has 132 valence electrons. The Balaban J connectivity index is 1.52. The third kappa shape index (κ3) is 2.94. The summed E-state index contributed by atoms with van der Waals surface area (Å²) in [5.74, 6) is 1.72. The number of hydrogen-bond donors (Lipinski definition) is 1. The molecule has 2 aliphatic rings. The highest BCUT2D eigenvalue weighted by atomic mass is 16.5. The van der Waals surface area contributed by atoms with Crippen LogP contribution in [0.4, 0.5) is 0 Å². The van der Waals surface area contributed by atoms with E-state index in [0.29, 0.717) is 5.92 Å². The molecule has 1 saturated carbocycles. The molecule has 0 bridgehead atoms. The Morgan fingerprint density at radius 3 is 2.96 bits per heavy atom. The van der Waals surface area contributed by atoms with Crippen molar-refractivity contribution >= 4 is 0 Å². The number of methoxy groups -OCH3 is 1. The molecule has 0 radical (unpaired) electrons. The highest BCUT2D eigenvalue weighted by Crippen LogP contribution is 2.50. The largest absolute Gasteiger partial charge is 0.497 e. The van der Waals surface area contributed by atoms with Crippen LogP contribution in [0.15, 0.2) is 42.6 Å². The Morgan fingerprint density at radius 2 is 2.16 bits per heavy atom. The van der Waals surface area contributed by atoms with Crippen molar-refractivity contribution in [3.05, 3.63) is 59.4 Å². The molecule has 2 aromatic rings. The summed E-state index contributed by atoms with van der Waals surface area (Å²) in [7, 11) is 1.70. The second-order valence-corrected chi connectivity index (χ2v) is 7.54. The number of likely N-dealkylation sites (tertiary alicyclic amines) is 1. The zero-order valence-corrected chi connectivity index (χ0v) is 15.0. The average Bonchev–Trinajstić information content (AvgIpc) is 3.16. The summed E-state index contributed by atoms with van der Waals surface area (Å²) in [4.78, 5) is 7.00. The summed E-state index contributed by atoms with van der Waals surface area (Å²) in [5, 5.41) is 11.5. The Labute approximate surface area is 149 Å². The molecule has 1 aromatic carbocycles. The SMILES string of the molecule is COc1cccc(CN2C[C@@H]3CC[C@@](O)(c4ncccc4C)[C@@H]3C2)c1. The standard InChI is InChI=1S/C21H26N2O2/c1-15-5-4-10-22-20(15)21(24)9-8-17-13-23(14-19(17)21)12-16-6-3-7-18(11-16)25-2/h3-7,10-11,17,19,24H,8-9,12-14H2,1-2H3/t17-,19+,21-/m0/s1. The number of fused-ring (bicyclic) bond motifs is 1. The van der Waals surface area contributed by atoms with Crippen LogP contribution in [0.25, 0.3) is 0 Å². The monoisotopic (exact) mass is 338 g/mol. The Morgan fingerprint density at radius 1 is 1.28 bits per heavy atom. The number of ether oxygens (including phenoxy) is 1. The maximum absolute atomic E-state index is 11.5. The van der Waals surface area contributed by atoms with Gasteiger partial charge in [0, 0.05) is 31.7 Å². The highest BCUT2D eigenvalue weighted by Gasteiger charge is 2.53. The predicted molar refractivity (Wildman–Crippen MR) is 97.4 cm³/mol. The summed E-state index contributed by atoms with van der Waals surface area (Å²) in [6.45, 7) is 4.93. The normalized spacial score (nSPS) is 28.9. The molecule has 4 nitrogen and oxygen atoms in total. The van der Waals surface area contributed by atoms with Crippen molar-refractivity contribution in [2.24, 2.45) is 11.8 Å². The van der Waals surface area contributed by atoms with Gasteiger partial charge in [0.15, 0.2) is 0 Å². The summed E-state index contributed by atoms with van der Waals surface area (Å²) in [6.07, 6.45) is 3.70. The Kier molecular flexibility index (Phi) is 4.26. The minimum atomic E-state index is -0.779. The third-order valence-electron chi connectivity index (χ3n) is 5.99. The lowest BCUT2D eigenvalue weighted by Crippen LogP contribution is -2.36. The van der Waals surface area contributed by atoms with Gasteiger partial charge in [-0.3, -0.25) is 9.88 Å². The molecule has 2 heterocycles. The minimum Gasteiger partial charge on any atom is -0.497 e. The fourth-order valence-electron chi connectivity index (χ4n) is 4.78. The van der Waals surface area contributed by atoms with Gasteiger partial charge < -0.3 is 9.84 Å². The van der Waals surface area contributed by atoms with Crippen molar-refractivity contribution in [1.29, 1.82) is 0 Å². The number of aliphatic hydroxyl groups is 1. The number of benzene rings is 1. The van der Waals surface area contributed by atoms with Crippen LogP contribution in [0, 0.1) is 18.8 Å². The van der Waals surface area contributed by atoms with Crippen LogP contribution >= 0.6 is 0 Å². The van der Waals surface area contributed by atoms with Crippen LogP contribution < -0.4 is 4.74 Å². The zero-order chi connectivity index (χ0) is 17.4. The van der Waals surface area contributed by atoms with Gasteiger partial charge in [-0.2, -0.15) is 0 Å². The van der Waals surface area contributed by atoms with Gasteiger partial charge in [-0.1, -0.05) is 18.2 Å². The van der Waals surface area contributed by atoms with Gasteiger partial charge >= 0.3 is 0 Å². The Bertz CT molecular complexity index is 763. The summed E-state index contributed by atoms with van der Waals surface area (Å²) in [6, 6.07) is 12.3. The quantitative estimate of drug-likeness (QED) is 0.930. The van der Waals surface area contributed by atoms with Crippen molar-refractivity contribution in [3.63, 3.8) is 0 Å². The number of pyridine rings is 1. The van der Waals surface area contributed by atoms with E-state index in [1.54, 1.807) is 13.3 Å². The topological polar surface area (TPSA) is 45.6 Å². The first kappa shape index (κ1) is 16.6. The van der Waals surface area contributed by atoms with Crippen LogP contribution in [-0.4, -0.2) is 35.2 Å². The van der Waals surface area contributed by atoms with Crippen molar-refractivity contribution in [2.45, 2.75) is 31.9 Å². The van der Waals surface area contributed by atoms with Crippen molar-refractivity contribution in [1.82, 2.24) is 9.88 Å². The molecule has 2 fully saturated rings. The smallest absolute Gasteiger partial charge is 0.119 e. The molecule has 0 amide bonds. The van der Waals surface area contributed by atoms with E-state index in [-0.39, 0.29) is 5.92 Å². The number of hydrogen-bond acceptors (Lipinski definition) is 4. The molecule has 1 aliphatic heterocycles. The van der Waals surface area contributed by atoms with E-state index in [1.807, 2.05) is 18.2 Å². The van der Waals surface area contributed by atoms with Gasteiger partial charge in [0.1, 0.15) is 11.4 Å².